The quantitative estimate of drug-likeness (QED) is 0.684. The molecule has 1 heterocycles. The number of nitro groups is 1. The molecule has 1 amide bonds. The van der Waals surface area contributed by atoms with Crippen LogP contribution in [0.25, 0.3) is 0 Å². The molecule has 23 heavy (non-hydrogen) atoms. The zero-order chi connectivity index (χ0) is 16.2. The molecule has 1 saturated carbocycles. The van der Waals surface area contributed by atoms with Gasteiger partial charge in [-0.25, -0.2) is 0 Å². The van der Waals surface area contributed by atoms with Crippen LogP contribution in [0.4, 0.5) is 11.7 Å². The maximum Gasteiger partial charge on any atom is 0.322 e. The molecule has 3 rings (SSSR count). The SMILES string of the molecule is O=C(Nc1nnc(C2CCCCC2)o1)c1cccc([N+](=O)[O-])c1. The summed E-state index contributed by atoms with van der Waals surface area (Å²) >= 11 is 0. The second kappa shape index (κ2) is 6.55. The average molecular weight is 316 g/mol. The van der Waals surface area contributed by atoms with E-state index in [1.807, 2.05) is 0 Å². The Morgan fingerprint density at radius 2 is 2.04 bits per heavy atom. The van der Waals surface area contributed by atoms with Gasteiger partial charge >= 0.3 is 6.01 Å². The number of benzene rings is 1. The number of carbonyl (C=O) groups is 1. The summed E-state index contributed by atoms with van der Waals surface area (Å²) in [6.07, 6.45) is 5.53. The monoisotopic (exact) mass is 316 g/mol. The number of anilines is 1. The fourth-order valence-electron chi connectivity index (χ4n) is 2.73. The lowest BCUT2D eigenvalue weighted by molar-refractivity contribution is -0.384. The number of hydrogen-bond acceptors (Lipinski definition) is 6. The first-order valence-corrected chi connectivity index (χ1v) is 7.52. The molecule has 120 valence electrons. The maximum absolute atomic E-state index is 12.1. The predicted octanol–water partition coefficient (Wildman–Crippen LogP) is 3.28. The van der Waals surface area contributed by atoms with E-state index in [9.17, 15) is 14.9 Å². The zero-order valence-electron chi connectivity index (χ0n) is 12.4. The number of hydrogen-bond donors (Lipinski definition) is 1. The van der Waals surface area contributed by atoms with Gasteiger partial charge in [0.15, 0.2) is 0 Å². The van der Waals surface area contributed by atoms with Crippen LogP contribution in [0.1, 0.15) is 54.3 Å². The van der Waals surface area contributed by atoms with E-state index in [2.05, 4.69) is 15.5 Å². The number of aromatic nitrogens is 2. The number of rotatable bonds is 4. The van der Waals surface area contributed by atoms with Gasteiger partial charge in [-0.1, -0.05) is 30.4 Å². The number of non-ortho nitro benzene ring substituents is 1. The molecule has 1 aromatic carbocycles. The van der Waals surface area contributed by atoms with Gasteiger partial charge in [0, 0.05) is 23.6 Å². The summed E-state index contributed by atoms with van der Waals surface area (Å²) in [5, 5.41) is 21.1. The Morgan fingerprint density at radius 3 is 2.78 bits per heavy atom. The maximum atomic E-state index is 12.1. The fourth-order valence-corrected chi connectivity index (χ4v) is 2.73. The summed E-state index contributed by atoms with van der Waals surface area (Å²) < 4.78 is 5.50. The van der Waals surface area contributed by atoms with Crippen LogP contribution >= 0.6 is 0 Å². The van der Waals surface area contributed by atoms with Crippen LogP contribution in [0.5, 0.6) is 0 Å². The summed E-state index contributed by atoms with van der Waals surface area (Å²) in [4.78, 5) is 22.3. The molecule has 2 aromatic rings. The van der Waals surface area contributed by atoms with Gasteiger partial charge in [0.05, 0.1) is 4.92 Å². The minimum absolute atomic E-state index is 0.0158. The van der Waals surface area contributed by atoms with Crippen LogP contribution in [0.15, 0.2) is 28.7 Å². The van der Waals surface area contributed by atoms with Gasteiger partial charge in [0.2, 0.25) is 5.89 Å². The summed E-state index contributed by atoms with van der Waals surface area (Å²) in [6.45, 7) is 0. The summed E-state index contributed by atoms with van der Waals surface area (Å²) in [7, 11) is 0. The highest BCUT2D eigenvalue weighted by molar-refractivity contribution is 6.03. The lowest BCUT2D eigenvalue weighted by Gasteiger charge is -2.17. The molecule has 0 saturated heterocycles. The molecule has 0 spiro atoms. The molecule has 0 atom stereocenters. The Balaban J connectivity index is 1.69. The first-order chi connectivity index (χ1) is 11.1. The molecular weight excluding hydrogens is 300 g/mol. The van der Waals surface area contributed by atoms with Crippen molar-refractivity contribution in [2.75, 3.05) is 5.32 Å². The van der Waals surface area contributed by atoms with Crippen molar-refractivity contribution >= 4 is 17.6 Å². The number of nitrogens with one attached hydrogen (secondary N) is 1. The Bertz CT molecular complexity index is 722. The van der Waals surface area contributed by atoms with Crippen molar-refractivity contribution in [3.05, 3.63) is 45.8 Å². The summed E-state index contributed by atoms with van der Waals surface area (Å²) in [6, 6.07) is 5.48. The molecule has 0 aliphatic heterocycles. The van der Waals surface area contributed by atoms with E-state index in [4.69, 9.17) is 4.42 Å². The lowest BCUT2D eigenvalue weighted by Crippen LogP contribution is -2.12. The van der Waals surface area contributed by atoms with E-state index in [1.165, 1.54) is 30.7 Å². The van der Waals surface area contributed by atoms with Crippen molar-refractivity contribution in [3.8, 4) is 0 Å². The third kappa shape index (κ3) is 3.53. The van der Waals surface area contributed by atoms with E-state index >= 15 is 0 Å². The topological polar surface area (TPSA) is 111 Å². The highest BCUT2D eigenvalue weighted by atomic mass is 16.6. The lowest BCUT2D eigenvalue weighted by atomic mass is 9.89. The van der Waals surface area contributed by atoms with Crippen LogP contribution in [0.3, 0.4) is 0 Å². The predicted molar refractivity (Wildman–Crippen MR) is 81.2 cm³/mol. The summed E-state index contributed by atoms with van der Waals surface area (Å²) in [5.41, 5.74) is 0.0164. The number of nitro benzene ring substituents is 1. The molecule has 1 fully saturated rings. The van der Waals surface area contributed by atoms with Crippen molar-refractivity contribution in [3.63, 3.8) is 0 Å². The standard InChI is InChI=1S/C15H16N4O4/c20-13(11-7-4-8-12(9-11)19(21)22)16-15-18-17-14(23-15)10-5-2-1-3-6-10/h4,7-10H,1-3,5-6H2,(H,16,18,20). The number of carbonyl (C=O) groups excluding carboxylic acids is 1. The number of nitrogens with zero attached hydrogens (tertiary/aromatic N) is 3. The fraction of sp³-hybridized carbons (Fsp3) is 0.400. The van der Waals surface area contributed by atoms with Crippen molar-refractivity contribution in [1.82, 2.24) is 10.2 Å². The molecule has 1 aliphatic rings. The van der Waals surface area contributed by atoms with Gasteiger partial charge in [-0.3, -0.25) is 20.2 Å². The van der Waals surface area contributed by atoms with Crippen LogP contribution in [0.2, 0.25) is 0 Å². The third-order valence-corrected chi connectivity index (χ3v) is 3.93. The van der Waals surface area contributed by atoms with Crippen LogP contribution in [-0.4, -0.2) is 21.0 Å². The molecule has 1 N–H and O–H groups in total. The van der Waals surface area contributed by atoms with Gasteiger partial charge in [0.25, 0.3) is 11.6 Å². The van der Waals surface area contributed by atoms with E-state index in [1.54, 1.807) is 0 Å². The zero-order valence-corrected chi connectivity index (χ0v) is 12.4. The Labute approximate surface area is 132 Å². The Kier molecular flexibility index (Phi) is 4.31. The molecule has 0 radical (unpaired) electrons. The van der Waals surface area contributed by atoms with Crippen molar-refractivity contribution in [2.24, 2.45) is 0 Å². The molecule has 8 heteroatoms. The minimum Gasteiger partial charge on any atom is -0.408 e. The Morgan fingerprint density at radius 1 is 1.26 bits per heavy atom. The van der Waals surface area contributed by atoms with Crippen LogP contribution in [0, 0.1) is 10.1 Å². The minimum atomic E-state index is -0.551. The van der Waals surface area contributed by atoms with E-state index < -0.39 is 10.8 Å². The van der Waals surface area contributed by atoms with E-state index in [0.29, 0.717) is 5.89 Å². The number of amides is 1. The van der Waals surface area contributed by atoms with Gasteiger partial charge in [0.1, 0.15) is 0 Å². The van der Waals surface area contributed by atoms with Crippen LogP contribution in [-0.2, 0) is 0 Å². The Hall–Kier alpha value is -2.77. The summed E-state index contributed by atoms with van der Waals surface area (Å²) in [5.74, 6) is 0.270. The van der Waals surface area contributed by atoms with Crippen LogP contribution < -0.4 is 5.32 Å². The second-order valence-electron chi connectivity index (χ2n) is 5.54. The highest BCUT2D eigenvalue weighted by Gasteiger charge is 2.22. The van der Waals surface area contributed by atoms with Crippen molar-refractivity contribution in [1.29, 1.82) is 0 Å². The third-order valence-electron chi connectivity index (χ3n) is 3.93. The van der Waals surface area contributed by atoms with Gasteiger partial charge in [-0.2, -0.15) is 0 Å². The van der Waals surface area contributed by atoms with Gasteiger partial charge in [-0.15, -0.1) is 5.10 Å². The molecule has 8 nitrogen and oxygen atoms in total. The first-order valence-electron chi connectivity index (χ1n) is 7.52. The van der Waals surface area contributed by atoms with Crippen molar-refractivity contribution in [2.45, 2.75) is 38.0 Å². The first kappa shape index (κ1) is 15.1. The molecule has 1 aliphatic carbocycles. The second-order valence-corrected chi connectivity index (χ2v) is 5.54. The smallest absolute Gasteiger partial charge is 0.322 e. The van der Waals surface area contributed by atoms with E-state index in [0.717, 1.165) is 25.7 Å². The normalized spacial score (nSPS) is 15.3. The van der Waals surface area contributed by atoms with Crippen molar-refractivity contribution < 1.29 is 14.1 Å². The molecule has 0 unspecified atom stereocenters. The van der Waals surface area contributed by atoms with Gasteiger partial charge in [-0.05, 0) is 18.9 Å². The van der Waals surface area contributed by atoms with Gasteiger partial charge < -0.3 is 4.42 Å². The molecular formula is C15H16N4O4. The highest BCUT2D eigenvalue weighted by Crippen LogP contribution is 2.32. The molecule has 1 aromatic heterocycles. The van der Waals surface area contributed by atoms with E-state index in [-0.39, 0.29) is 23.2 Å². The largest absolute Gasteiger partial charge is 0.408 e. The average Bonchev–Trinajstić information content (AvgIpc) is 3.04. The molecule has 0 bridgehead atoms.